The van der Waals surface area contributed by atoms with Gasteiger partial charge in [-0.05, 0) is 53.2 Å². The highest BCUT2D eigenvalue weighted by Gasteiger charge is 2.19. The van der Waals surface area contributed by atoms with Crippen LogP contribution in [-0.4, -0.2) is 38.1 Å². The van der Waals surface area contributed by atoms with Gasteiger partial charge in [0, 0.05) is 17.6 Å². The maximum atomic E-state index is 12.8. The average Bonchev–Trinajstić information content (AvgIpc) is 3.15. The van der Waals surface area contributed by atoms with E-state index in [9.17, 15) is 4.79 Å². The van der Waals surface area contributed by atoms with Crippen LogP contribution in [-0.2, 0) is 0 Å². The Labute approximate surface area is 144 Å². The Kier molecular flexibility index (Phi) is 4.57. The van der Waals surface area contributed by atoms with Crippen molar-refractivity contribution in [2.75, 3.05) is 7.05 Å². The van der Waals surface area contributed by atoms with Gasteiger partial charge in [0.25, 0.3) is 5.91 Å². The van der Waals surface area contributed by atoms with Gasteiger partial charge in [-0.1, -0.05) is 29.8 Å². The van der Waals surface area contributed by atoms with E-state index < -0.39 is 0 Å². The summed E-state index contributed by atoms with van der Waals surface area (Å²) in [5.74, 6) is -0.0765. The lowest BCUT2D eigenvalue weighted by atomic mass is 10.1. The first kappa shape index (κ1) is 16.1. The fraction of sp³-hybridized carbons (Fsp3) is 0.176. The van der Waals surface area contributed by atoms with Gasteiger partial charge in [-0.3, -0.25) is 4.79 Å². The first-order chi connectivity index (χ1) is 11.6. The minimum Gasteiger partial charge on any atom is -0.335 e. The molecule has 0 aliphatic rings. The van der Waals surface area contributed by atoms with Crippen LogP contribution in [0.1, 0.15) is 28.9 Å². The van der Waals surface area contributed by atoms with E-state index in [1.54, 1.807) is 24.1 Å². The lowest BCUT2D eigenvalue weighted by Gasteiger charge is -2.25. The van der Waals surface area contributed by atoms with E-state index >= 15 is 0 Å². The summed E-state index contributed by atoms with van der Waals surface area (Å²) in [6, 6.07) is 14.6. The molecule has 0 aliphatic heterocycles. The number of hydrogen-bond acceptors (Lipinski definition) is 4. The topological polar surface area (TPSA) is 63.9 Å². The molecule has 0 saturated heterocycles. The molecule has 0 radical (unpaired) electrons. The van der Waals surface area contributed by atoms with Crippen LogP contribution in [0.2, 0.25) is 5.02 Å². The van der Waals surface area contributed by atoms with Crippen molar-refractivity contribution in [3.63, 3.8) is 0 Å². The molecule has 1 atom stereocenters. The van der Waals surface area contributed by atoms with Crippen LogP contribution in [0, 0.1) is 0 Å². The molecular formula is C17H16ClN5O. The molecule has 2 aromatic carbocycles. The van der Waals surface area contributed by atoms with Gasteiger partial charge in [0.15, 0.2) is 0 Å². The molecular weight excluding hydrogens is 326 g/mol. The number of aromatic nitrogens is 4. The molecule has 0 N–H and O–H groups in total. The van der Waals surface area contributed by atoms with Crippen molar-refractivity contribution in [1.29, 1.82) is 0 Å². The van der Waals surface area contributed by atoms with E-state index in [0.29, 0.717) is 10.6 Å². The zero-order valence-electron chi connectivity index (χ0n) is 13.3. The lowest BCUT2D eigenvalue weighted by molar-refractivity contribution is 0.0742. The van der Waals surface area contributed by atoms with E-state index in [2.05, 4.69) is 15.5 Å². The second-order valence-corrected chi connectivity index (χ2v) is 5.88. The van der Waals surface area contributed by atoms with E-state index in [1.807, 2.05) is 43.3 Å². The lowest BCUT2D eigenvalue weighted by Crippen LogP contribution is -2.29. The number of benzene rings is 2. The van der Waals surface area contributed by atoms with Gasteiger partial charge >= 0.3 is 0 Å². The van der Waals surface area contributed by atoms with E-state index in [4.69, 9.17) is 11.6 Å². The largest absolute Gasteiger partial charge is 0.335 e. The minimum absolute atomic E-state index is 0.0765. The molecule has 1 heterocycles. The number of halogens is 1. The van der Waals surface area contributed by atoms with Crippen LogP contribution < -0.4 is 0 Å². The van der Waals surface area contributed by atoms with Crippen molar-refractivity contribution in [3.05, 3.63) is 71.0 Å². The van der Waals surface area contributed by atoms with E-state index in [1.165, 1.54) is 11.0 Å². The zero-order chi connectivity index (χ0) is 17.1. The number of carbonyl (C=O) groups is 1. The molecule has 1 unspecified atom stereocenters. The normalized spacial score (nSPS) is 12.0. The predicted molar refractivity (Wildman–Crippen MR) is 91.1 cm³/mol. The van der Waals surface area contributed by atoms with Crippen LogP contribution in [0.15, 0.2) is 54.9 Å². The average molecular weight is 342 g/mol. The van der Waals surface area contributed by atoms with Crippen LogP contribution in [0.3, 0.4) is 0 Å². The Morgan fingerprint density at radius 1 is 1.21 bits per heavy atom. The summed E-state index contributed by atoms with van der Waals surface area (Å²) in [6.07, 6.45) is 1.49. The maximum Gasteiger partial charge on any atom is 0.254 e. The number of hydrogen-bond donors (Lipinski definition) is 0. The molecule has 3 rings (SSSR count). The van der Waals surface area contributed by atoms with Crippen LogP contribution in [0.4, 0.5) is 0 Å². The van der Waals surface area contributed by atoms with Crippen molar-refractivity contribution in [1.82, 2.24) is 25.1 Å². The Morgan fingerprint density at radius 2 is 1.96 bits per heavy atom. The Hall–Kier alpha value is -2.73. The summed E-state index contributed by atoms with van der Waals surface area (Å²) < 4.78 is 1.51. The van der Waals surface area contributed by atoms with Crippen molar-refractivity contribution < 1.29 is 4.79 Å². The number of nitrogens with zero attached hydrogens (tertiary/aromatic N) is 5. The van der Waals surface area contributed by atoms with Crippen molar-refractivity contribution in [2.24, 2.45) is 0 Å². The van der Waals surface area contributed by atoms with Gasteiger partial charge in [0.1, 0.15) is 6.33 Å². The summed E-state index contributed by atoms with van der Waals surface area (Å²) in [7, 11) is 1.78. The number of rotatable bonds is 4. The smallest absolute Gasteiger partial charge is 0.254 e. The number of amides is 1. The summed E-state index contributed by atoms with van der Waals surface area (Å²) in [4.78, 5) is 14.5. The summed E-state index contributed by atoms with van der Waals surface area (Å²) in [6.45, 7) is 1.98. The summed E-state index contributed by atoms with van der Waals surface area (Å²) in [5.41, 5.74) is 2.33. The molecule has 1 aromatic heterocycles. The van der Waals surface area contributed by atoms with Gasteiger partial charge < -0.3 is 4.90 Å². The molecule has 0 bridgehead atoms. The molecule has 7 heteroatoms. The van der Waals surface area contributed by atoms with Gasteiger partial charge in [-0.2, -0.15) is 0 Å². The van der Waals surface area contributed by atoms with E-state index in [0.717, 1.165) is 11.3 Å². The van der Waals surface area contributed by atoms with Gasteiger partial charge in [-0.25, -0.2) is 4.68 Å². The van der Waals surface area contributed by atoms with Gasteiger partial charge in [-0.15, -0.1) is 5.10 Å². The van der Waals surface area contributed by atoms with Crippen LogP contribution >= 0.6 is 11.6 Å². The fourth-order valence-corrected chi connectivity index (χ4v) is 2.53. The monoisotopic (exact) mass is 341 g/mol. The summed E-state index contributed by atoms with van der Waals surface area (Å²) >= 11 is 5.92. The molecule has 24 heavy (non-hydrogen) atoms. The van der Waals surface area contributed by atoms with E-state index in [-0.39, 0.29) is 11.9 Å². The highest BCUT2D eigenvalue weighted by molar-refractivity contribution is 6.30. The third-order valence-corrected chi connectivity index (χ3v) is 4.21. The van der Waals surface area contributed by atoms with Crippen molar-refractivity contribution >= 4 is 17.5 Å². The van der Waals surface area contributed by atoms with Gasteiger partial charge in [0.05, 0.1) is 11.7 Å². The molecule has 0 saturated carbocycles. The van der Waals surface area contributed by atoms with Crippen molar-refractivity contribution in [3.8, 4) is 5.69 Å². The number of carbonyl (C=O) groups excluding carboxylic acids is 1. The molecule has 6 nitrogen and oxygen atoms in total. The molecule has 1 amide bonds. The zero-order valence-corrected chi connectivity index (χ0v) is 14.1. The predicted octanol–water partition coefficient (Wildman–Crippen LogP) is 3.15. The van der Waals surface area contributed by atoms with Crippen LogP contribution in [0.25, 0.3) is 5.69 Å². The summed E-state index contributed by atoms with van der Waals surface area (Å²) in [5, 5.41) is 11.7. The second kappa shape index (κ2) is 6.80. The molecule has 0 spiro atoms. The third-order valence-electron chi connectivity index (χ3n) is 3.96. The fourth-order valence-electron chi connectivity index (χ4n) is 2.41. The second-order valence-electron chi connectivity index (χ2n) is 5.45. The Bertz CT molecular complexity index is 832. The highest BCUT2D eigenvalue weighted by Crippen LogP contribution is 2.23. The Balaban J connectivity index is 1.83. The minimum atomic E-state index is -0.0774. The highest BCUT2D eigenvalue weighted by atomic mass is 35.5. The maximum absolute atomic E-state index is 12.8. The molecule has 3 aromatic rings. The number of tetrazole rings is 1. The van der Waals surface area contributed by atoms with Gasteiger partial charge in [0.2, 0.25) is 0 Å². The quantitative estimate of drug-likeness (QED) is 0.731. The first-order valence-corrected chi connectivity index (χ1v) is 7.80. The van der Waals surface area contributed by atoms with Crippen molar-refractivity contribution in [2.45, 2.75) is 13.0 Å². The van der Waals surface area contributed by atoms with Crippen LogP contribution in [0.5, 0.6) is 0 Å². The standard InChI is InChI=1S/C17H16ClN5O/c1-12(13-6-8-15(18)9-7-13)22(2)17(24)14-4-3-5-16(10-14)23-11-19-20-21-23/h3-12H,1-2H3. The SMILES string of the molecule is CC(c1ccc(Cl)cc1)N(C)C(=O)c1cccc(-n2cnnn2)c1. The molecule has 122 valence electrons. The molecule has 0 fully saturated rings. The molecule has 0 aliphatic carbocycles. The first-order valence-electron chi connectivity index (χ1n) is 7.42. The Morgan fingerprint density at radius 3 is 2.62 bits per heavy atom. The third kappa shape index (κ3) is 3.28.